The molecule has 4 N–H and O–H groups in total. The van der Waals surface area contributed by atoms with Gasteiger partial charge >= 0.3 is 12.0 Å². The van der Waals surface area contributed by atoms with Gasteiger partial charge in [0.25, 0.3) is 0 Å². The maximum Gasteiger partial charge on any atom is 0.339 e. The summed E-state index contributed by atoms with van der Waals surface area (Å²) in [6, 6.07) is 3.11. The van der Waals surface area contributed by atoms with Crippen LogP contribution in [0.1, 0.15) is 10.4 Å². The molecule has 0 saturated carbocycles. The molecule has 8 nitrogen and oxygen atoms in total. The van der Waals surface area contributed by atoms with Crippen LogP contribution in [-0.2, 0) is 9.84 Å². The first-order chi connectivity index (χ1) is 9.20. The zero-order valence-electron chi connectivity index (χ0n) is 10.6. The molecule has 0 aliphatic carbocycles. The fraction of sp³-hybridized carbons (Fsp3) is 0.273. The van der Waals surface area contributed by atoms with Crippen LogP contribution < -0.4 is 10.6 Å². The fourth-order valence-corrected chi connectivity index (χ4v) is 1.81. The van der Waals surface area contributed by atoms with Gasteiger partial charge in [0.05, 0.1) is 11.4 Å². The van der Waals surface area contributed by atoms with Gasteiger partial charge in [0.2, 0.25) is 0 Å². The number of para-hydroxylation sites is 1. The molecule has 2 amide bonds. The molecule has 0 unspecified atom stereocenters. The molecular weight excluding hydrogens is 288 g/mol. The van der Waals surface area contributed by atoms with E-state index in [9.17, 15) is 23.1 Å². The highest BCUT2D eigenvalue weighted by Gasteiger charge is 2.14. The van der Waals surface area contributed by atoms with Gasteiger partial charge in [0, 0.05) is 12.8 Å². The number of sulfone groups is 1. The number of phenols is 1. The number of aromatic hydroxyl groups is 1. The van der Waals surface area contributed by atoms with Gasteiger partial charge in [0.1, 0.15) is 15.4 Å². The van der Waals surface area contributed by atoms with Crippen LogP contribution in [0.2, 0.25) is 0 Å². The molecule has 0 aromatic heterocycles. The van der Waals surface area contributed by atoms with Crippen molar-refractivity contribution in [3.63, 3.8) is 0 Å². The van der Waals surface area contributed by atoms with E-state index in [1.807, 2.05) is 0 Å². The van der Waals surface area contributed by atoms with Crippen molar-refractivity contribution in [3.8, 4) is 5.75 Å². The second kappa shape index (κ2) is 6.24. The Labute approximate surface area is 115 Å². The third-order valence-electron chi connectivity index (χ3n) is 2.27. The monoisotopic (exact) mass is 302 g/mol. The van der Waals surface area contributed by atoms with Crippen molar-refractivity contribution in [3.05, 3.63) is 23.8 Å². The van der Waals surface area contributed by atoms with Crippen LogP contribution in [0.4, 0.5) is 10.5 Å². The first-order valence-corrected chi connectivity index (χ1v) is 7.54. The Hall–Kier alpha value is -2.29. The number of aromatic carboxylic acids is 1. The summed E-state index contributed by atoms with van der Waals surface area (Å²) < 4.78 is 21.7. The number of hydrogen-bond donors (Lipinski definition) is 4. The molecule has 0 saturated heterocycles. The third kappa shape index (κ3) is 4.76. The van der Waals surface area contributed by atoms with Crippen molar-refractivity contribution in [2.45, 2.75) is 0 Å². The van der Waals surface area contributed by atoms with E-state index in [1.165, 1.54) is 18.2 Å². The Kier molecular flexibility index (Phi) is 4.92. The highest BCUT2D eigenvalue weighted by molar-refractivity contribution is 7.90. The quantitative estimate of drug-likeness (QED) is 0.576. The molecule has 0 radical (unpaired) electrons. The Morgan fingerprint density at radius 1 is 1.30 bits per heavy atom. The average molecular weight is 302 g/mol. The number of hydrogen-bond acceptors (Lipinski definition) is 5. The third-order valence-corrected chi connectivity index (χ3v) is 3.22. The number of carboxylic acid groups (broad SMARTS) is 1. The number of urea groups is 1. The molecule has 0 aliphatic heterocycles. The van der Waals surface area contributed by atoms with Crippen LogP contribution in [0.25, 0.3) is 0 Å². The second-order valence-corrected chi connectivity index (χ2v) is 6.28. The number of rotatable bonds is 5. The molecule has 0 heterocycles. The van der Waals surface area contributed by atoms with Gasteiger partial charge in [-0.2, -0.15) is 0 Å². The highest BCUT2D eigenvalue weighted by atomic mass is 32.2. The summed E-state index contributed by atoms with van der Waals surface area (Å²) in [7, 11) is -3.19. The van der Waals surface area contributed by atoms with Crippen molar-refractivity contribution in [2.24, 2.45) is 0 Å². The zero-order valence-corrected chi connectivity index (χ0v) is 11.4. The minimum atomic E-state index is -3.19. The molecule has 0 fully saturated rings. The fourth-order valence-electron chi connectivity index (χ4n) is 1.33. The molecule has 110 valence electrons. The predicted molar refractivity (Wildman–Crippen MR) is 71.8 cm³/mol. The largest absolute Gasteiger partial charge is 0.505 e. The Morgan fingerprint density at radius 2 is 1.95 bits per heavy atom. The van der Waals surface area contributed by atoms with Gasteiger partial charge in [-0.15, -0.1) is 0 Å². The van der Waals surface area contributed by atoms with Gasteiger partial charge in [0.15, 0.2) is 5.75 Å². The summed E-state index contributed by atoms with van der Waals surface area (Å²) in [5, 5.41) is 23.0. The van der Waals surface area contributed by atoms with Crippen molar-refractivity contribution in [1.29, 1.82) is 0 Å². The van der Waals surface area contributed by atoms with Crippen molar-refractivity contribution < 1.29 is 28.2 Å². The highest BCUT2D eigenvalue weighted by Crippen LogP contribution is 2.27. The minimum Gasteiger partial charge on any atom is -0.505 e. The molecule has 1 aromatic carbocycles. The second-order valence-electron chi connectivity index (χ2n) is 4.02. The number of carbonyl (C=O) groups excluding carboxylic acids is 1. The molecule has 9 heteroatoms. The van der Waals surface area contributed by atoms with E-state index in [-0.39, 0.29) is 23.5 Å². The SMILES string of the molecule is CS(=O)(=O)CCNC(=O)Nc1cccc(C(=O)O)c1O. The number of nitrogens with one attached hydrogen (secondary N) is 2. The Bertz CT molecular complexity index is 626. The van der Waals surface area contributed by atoms with Crippen molar-refractivity contribution in [1.82, 2.24) is 5.32 Å². The number of carbonyl (C=O) groups is 2. The molecule has 1 aromatic rings. The molecule has 20 heavy (non-hydrogen) atoms. The molecular formula is C11H14N2O6S. The van der Waals surface area contributed by atoms with Crippen LogP contribution in [-0.4, -0.2) is 49.2 Å². The van der Waals surface area contributed by atoms with Crippen LogP contribution in [0, 0.1) is 0 Å². The van der Waals surface area contributed by atoms with Gasteiger partial charge in [-0.25, -0.2) is 18.0 Å². The van der Waals surface area contributed by atoms with Crippen LogP contribution in [0.15, 0.2) is 18.2 Å². The lowest BCUT2D eigenvalue weighted by molar-refractivity contribution is 0.0693. The number of benzene rings is 1. The first kappa shape index (κ1) is 15.8. The summed E-state index contributed by atoms with van der Waals surface area (Å²) in [5.74, 6) is -2.12. The van der Waals surface area contributed by atoms with Crippen LogP contribution in [0.3, 0.4) is 0 Å². The maximum atomic E-state index is 11.5. The van der Waals surface area contributed by atoms with E-state index in [0.717, 1.165) is 6.26 Å². The lowest BCUT2D eigenvalue weighted by Crippen LogP contribution is -2.32. The molecule has 0 atom stereocenters. The standard InChI is InChI=1S/C11H14N2O6S/c1-20(18,19)6-5-12-11(17)13-8-4-2-3-7(9(8)14)10(15)16/h2-4,14H,5-6H2,1H3,(H,15,16)(H2,12,13,17). The van der Waals surface area contributed by atoms with E-state index in [2.05, 4.69) is 10.6 Å². The number of carboxylic acids is 1. The van der Waals surface area contributed by atoms with Gasteiger partial charge in [-0.1, -0.05) is 6.07 Å². The van der Waals surface area contributed by atoms with Crippen molar-refractivity contribution >= 4 is 27.5 Å². The lowest BCUT2D eigenvalue weighted by Gasteiger charge is -2.10. The Balaban J connectivity index is 2.67. The van der Waals surface area contributed by atoms with Crippen molar-refractivity contribution in [2.75, 3.05) is 23.9 Å². The van der Waals surface area contributed by atoms with Gasteiger partial charge in [-0.3, -0.25) is 0 Å². The zero-order chi connectivity index (χ0) is 15.3. The van der Waals surface area contributed by atoms with E-state index >= 15 is 0 Å². The summed E-state index contributed by atoms with van der Waals surface area (Å²) in [5.41, 5.74) is -0.430. The summed E-state index contributed by atoms with van der Waals surface area (Å²) in [6.07, 6.45) is 1.04. The average Bonchev–Trinajstić information content (AvgIpc) is 2.29. The topological polar surface area (TPSA) is 133 Å². The molecule has 1 rings (SSSR count). The van der Waals surface area contributed by atoms with Gasteiger partial charge in [-0.05, 0) is 12.1 Å². The van der Waals surface area contributed by atoms with E-state index in [4.69, 9.17) is 5.11 Å². The molecule has 0 aliphatic rings. The molecule has 0 spiro atoms. The van der Waals surface area contributed by atoms with Gasteiger partial charge < -0.3 is 20.8 Å². The smallest absolute Gasteiger partial charge is 0.339 e. The number of anilines is 1. The summed E-state index contributed by atoms with van der Waals surface area (Å²) in [6.45, 7) is -0.0932. The van der Waals surface area contributed by atoms with E-state index in [1.54, 1.807) is 0 Å². The Morgan fingerprint density at radius 3 is 2.50 bits per heavy atom. The minimum absolute atomic E-state index is 0.0817. The summed E-state index contributed by atoms with van der Waals surface area (Å²) >= 11 is 0. The number of amides is 2. The summed E-state index contributed by atoms with van der Waals surface area (Å²) in [4.78, 5) is 22.2. The maximum absolute atomic E-state index is 11.5. The van der Waals surface area contributed by atoms with Crippen LogP contribution >= 0.6 is 0 Å². The first-order valence-electron chi connectivity index (χ1n) is 5.48. The normalized spacial score (nSPS) is 10.8. The van der Waals surface area contributed by atoms with E-state index in [0.29, 0.717) is 0 Å². The van der Waals surface area contributed by atoms with Crippen LogP contribution in [0.5, 0.6) is 5.75 Å². The lowest BCUT2D eigenvalue weighted by atomic mass is 10.2. The van der Waals surface area contributed by atoms with E-state index < -0.39 is 27.6 Å². The predicted octanol–water partition coefficient (Wildman–Crippen LogP) is 0.256. The molecule has 0 bridgehead atoms.